The number of carbonyl (C=O) groups excluding carboxylic acids is 2. The quantitative estimate of drug-likeness (QED) is 0.882. The molecule has 1 fully saturated rings. The summed E-state index contributed by atoms with van der Waals surface area (Å²) in [5, 5.41) is 12.1. The Morgan fingerprint density at radius 3 is 2.45 bits per heavy atom. The molecule has 1 saturated carbocycles. The van der Waals surface area contributed by atoms with Gasteiger partial charge in [-0.15, -0.1) is 0 Å². The number of hydrogen-bond acceptors (Lipinski definition) is 3. The minimum absolute atomic E-state index is 0.254. The number of nitrogens with zero attached hydrogens (tertiary/aromatic N) is 1. The van der Waals surface area contributed by atoms with E-state index in [9.17, 15) is 14.9 Å². The van der Waals surface area contributed by atoms with Gasteiger partial charge in [-0.3, -0.25) is 9.59 Å². The molecular formula is C15H17N3O2. The summed E-state index contributed by atoms with van der Waals surface area (Å²) in [6.45, 7) is 0. The van der Waals surface area contributed by atoms with Gasteiger partial charge in [-0.2, -0.15) is 5.26 Å². The van der Waals surface area contributed by atoms with Crippen molar-refractivity contribution in [2.45, 2.75) is 32.1 Å². The number of carbonyl (C=O) groups is 2. The molecule has 0 radical (unpaired) electrons. The summed E-state index contributed by atoms with van der Waals surface area (Å²) >= 11 is 0. The van der Waals surface area contributed by atoms with Crippen LogP contribution >= 0.6 is 0 Å². The van der Waals surface area contributed by atoms with Crippen LogP contribution < -0.4 is 11.1 Å². The fourth-order valence-corrected chi connectivity index (χ4v) is 2.59. The van der Waals surface area contributed by atoms with Crippen LogP contribution in [0.2, 0.25) is 0 Å². The molecule has 0 atom stereocenters. The maximum absolute atomic E-state index is 12.4. The van der Waals surface area contributed by atoms with Crippen molar-refractivity contribution in [3.05, 3.63) is 29.8 Å². The number of nitrogens with one attached hydrogen (secondary N) is 1. The lowest BCUT2D eigenvalue weighted by Crippen LogP contribution is -2.37. The molecule has 0 heterocycles. The predicted molar refractivity (Wildman–Crippen MR) is 74.7 cm³/mol. The zero-order valence-electron chi connectivity index (χ0n) is 11.2. The number of hydrogen-bond donors (Lipinski definition) is 2. The second kappa shape index (κ2) is 5.74. The average molecular weight is 271 g/mol. The zero-order chi connectivity index (χ0) is 14.6. The number of anilines is 1. The lowest BCUT2D eigenvalue weighted by molar-refractivity contribution is -0.124. The van der Waals surface area contributed by atoms with Gasteiger partial charge >= 0.3 is 0 Å². The summed E-state index contributed by atoms with van der Waals surface area (Å²) in [7, 11) is 0. The van der Waals surface area contributed by atoms with E-state index in [1.165, 1.54) is 0 Å². The molecule has 0 spiro atoms. The van der Waals surface area contributed by atoms with E-state index >= 15 is 0 Å². The van der Waals surface area contributed by atoms with Gasteiger partial charge in [0.25, 0.3) is 5.91 Å². The van der Waals surface area contributed by atoms with Crippen LogP contribution in [0.1, 0.15) is 42.5 Å². The summed E-state index contributed by atoms with van der Waals surface area (Å²) in [6.07, 6.45) is 3.92. The molecule has 5 heteroatoms. The van der Waals surface area contributed by atoms with Crippen LogP contribution in [0, 0.1) is 16.7 Å². The summed E-state index contributed by atoms with van der Waals surface area (Å²) in [6, 6.07) is 8.72. The molecule has 1 aliphatic rings. The summed E-state index contributed by atoms with van der Waals surface area (Å²) in [5.41, 5.74) is 4.92. The minimum Gasteiger partial charge on any atom is -0.366 e. The number of nitriles is 1. The molecule has 0 unspecified atom stereocenters. The van der Waals surface area contributed by atoms with Crippen LogP contribution in [0.25, 0.3) is 0 Å². The molecule has 2 rings (SSSR count). The number of para-hydroxylation sites is 1. The first-order chi connectivity index (χ1) is 9.59. The third kappa shape index (κ3) is 2.64. The SMILES string of the molecule is N#CC1(C(=O)Nc2ccccc2C(N)=O)CCCCC1. The second-order valence-corrected chi connectivity index (χ2v) is 5.12. The molecule has 1 aromatic rings. The van der Waals surface area contributed by atoms with Gasteiger partial charge in [0.05, 0.1) is 17.3 Å². The fraction of sp³-hybridized carbons (Fsp3) is 0.400. The molecule has 0 aromatic heterocycles. The number of nitrogens with two attached hydrogens (primary N) is 1. The lowest BCUT2D eigenvalue weighted by atomic mass is 9.74. The predicted octanol–water partition coefficient (Wildman–Crippen LogP) is 2.20. The maximum atomic E-state index is 12.4. The molecule has 0 aliphatic heterocycles. The summed E-state index contributed by atoms with van der Waals surface area (Å²) < 4.78 is 0. The molecule has 2 amide bonds. The largest absolute Gasteiger partial charge is 0.366 e. The highest BCUT2D eigenvalue weighted by atomic mass is 16.2. The molecular weight excluding hydrogens is 254 g/mol. The monoisotopic (exact) mass is 271 g/mol. The maximum Gasteiger partial charge on any atom is 0.250 e. The van der Waals surface area contributed by atoms with Crippen LogP contribution in [0.15, 0.2) is 24.3 Å². The van der Waals surface area contributed by atoms with Crippen molar-refractivity contribution in [2.75, 3.05) is 5.32 Å². The van der Waals surface area contributed by atoms with E-state index in [1.54, 1.807) is 24.3 Å². The standard InChI is InChI=1S/C15H17N3O2/c16-10-15(8-4-1-5-9-15)14(20)18-12-7-3-2-6-11(12)13(17)19/h2-3,6-7H,1,4-5,8-9H2,(H2,17,19)(H,18,20). The van der Waals surface area contributed by atoms with E-state index in [-0.39, 0.29) is 11.5 Å². The van der Waals surface area contributed by atoms with Gasteiger partial charge in [-0.1, -0.05) is 31.4 Å². The Morgan fingerprint density at radius 2 is 1.85 bits per heavy atom. The molecule has 104 valence electrons. The van der Waals surface area contributed by atoms with E-state index in [1.807, 2.05) is 0 Å². The van der Waals surface area contributed by atoms with Crippen molar-refractivity contribution >= 4 is 17.5 Å². The van der Waals surface area contributed by atoms with Crippen molar-refractivity contribution in [1.82, 2.24) is 0 Å². The number of amides is 2. The summed E-state index contributed by atoms with van der Waals surface area (Å²) in [4.78, 5) is 23.7. The fourth-order valence-electron chi connectivity index (χ4n) is 2.59. The van der Waals surface area contributed by atoms with Crippen molar-refractivity contribution in [2.24, 2.45) is 11.1 Å². The third-order valence-corrected chi connectivity index (χ3v) is 3.80. The van der Waals surface area contributed by atoms with E-state index < -0.39 is 11.3 Å². The highest BCUT2D eigenvalue weighted by molar-refractivity contribution is 6.05. The van der Waals surface area contributed by atoms with E-state index in [2.05, 4.69) is 11.4 Å². The van der Waals surface area contributed by atoms with Crippen molar-refractivity contribution in [3.8, 4) is 6.07 Å². The first-order valence-electron chi connectivity index (χ1n) is 6.70. The van der Waals surface area contributed by atoms with E-state index in [0.29, 0.717) is 18.5 Å². The Hall–Kier alpha value is -2.35. The van der Waals surface area contributed by atoms with Crippen molar-refractivity contribution < 1.29 is 9.59 Å². The van der Waals surface area contributed by atoms with Crippen LogP contribution in [-0.4, -0.2) is 11.8 Å². The molecule has 0 bridgehead atoms. The van der Waals surface area contributed by atoms with Crippen LogP contribution in [-0.2, 0) is 4.79 Å². The average Bonchev–Trinajstić information content (AvgIpc) is 2.48. The number of benzene rings is 1. The van der Waals surface area contributed by atoms with Crippen LogP contribution in [0.5, 0.6) is 0 Å². The van der Waals surface area contributed by atoms with Crippen molar-refractivity contribution in [3.63, 3.8) is 0 Å². The molecule has 3 N–H and O–H groups in total. The Kier molecular flexibility index (Phi) is 4.04. The van der Waals surface area contributed by atoms with Gasteiger partial charge in [-0.05, 0) is 25.0 Å². The van der Waals surface area contributed by atoms with Gasteiger partial charge in [0, 0.05) is 0 Å². The Morgan fingerprint density at radius 1 is 1.20 bits per heavy atom. The Bertz CT molecular complexity index is 569. The normalized spacial score (nSPS) is 16.9. The van der Waals surface area contributed by atoms with Crippen LogP contribution in [0.3, 0.4) is 0 Å². The van der Waals surface area contributed by atoms with Crippen molar-refractivity contribution in [1.29, 1.82) is 5.26 Å². The van der Waals surface area contributed by atoms with Gasteiger partial charge < -0.3 is 11.1 Å². The molecule has 5 nitrogen and oxygen atoms in total. The smallest absolute Gasteiger partial charge is 0.250 e. The van der Waals surface area contributed by atoms with E-state index in [4.69, 9.17) is 5.73 Å². The second-order valence-electron chi connectivity index (χ2n) is 5.12. The molecule has 20 heavy (non-hydrogen) atoms. The Balaban J connectivity index is 2.23. The minimum atomic E-state index is -0.983. The molecule has 1 aromatic carbocycles. The lowest BCUT2D eigenvalue weighted by Gasteiger charge is -2.29. The molecule has 1 aliphatic carbocycles. The van der Waals surface area contributed by atoms with Gasteiger partial charge in [0.15, 0.2) is 0 Å². The van der Waals surface area contributed by atoms with Gasteiger partial charge in [0.1, 0.15) is 5.41 Å². The van der Waals surface area contributed by atoms with E-state index in [0.717, 1.165) is 19.3 Å². The summed E-state index contributed by atoms with van der Waals surface area (Å²) in [5.74, 6) is -0.941. The number of primary amides is 1. The first kappa shape index (κ1) is 14.1. The van der Waals surface area contributed by atoms with Gasteiger partial charge in [0.2, 0.25) is 5.91 Å². The Labute approximate surface area is 117 Å². The van der Waals surface area contributed by atoms with Crippen LogP contribution in [0.4, 0.5) is 5.69 Å². The van der Waals surface area contributed by atoms with Gasteiger partial charge in [-0.25, -0.2) is 0 Å². The highest BCUT2D eigenvalue weighted by Crippen LogP contribution is 2.37. The third-order valence-electron chi connectivity index (χ3n) is 3.80. The number of rotatable bonds is 3. The molecule has 0 saturated heterocycles. The topological polar surface area (TPSA) is 96.0 Å². The zero-order valence-corrected chi connectivity index (χ0v) is 11.2. The first-order valence-corrected chi connectivity index (χ1v) is 6.70. The highest BCUT2D eigenvalue weighted by Gasteiger charge is 2.40.